The molecule has 1 aliphatic heterocycles. The number of carbonyl (C=O) groups excluding carboxylic acids is 1. The minimum absolute atomic E-state index is 0.0519. The van der Waals surface area contributed by atoms with Crippen LogP contribution in [0.2, 0.25) is 0 Å². The Hall–Kier alpha value is -2.36. The summed E-state index contributed by atoms with van der Waals surface area (Å²) < 4.78 is 40.1. The quantitative estimate of drug-likeness (QED) is 0.776. The van der Waals surface area contributed by atoms with Crippen LogP contribution in [-0.4, -0.2) is 31.9 Å². The Morgan fingerprint density at radius 3 is 2.80 bits per heavy atom. The molecule has 3 heterocycles. The molecule has 0 unspecified atom stereocenters. The van der Waals surface area contributed by atoms with Gasteiger partial charge < -0.3 is 10.6 Å². The zero-order valence-electron chi connectivity index (χ0n) is 13.8. The highest BCUT2D eigenvalue weighted by molar-refractivity contribution is 5.77. The fourth-order valence-electron chi connectivity index (χ4n) is 3.05. The first-order valence-corrected chi connectivity index (χ1v) is 7.88. The highest BCUT2D eigenvalue weighted by atomic mass is 19.4. The lowest BCUT2D eigenvalue weighted by atomic mass is 9.93. The number of hydrogen-bond acceptors (Lipinski definition) is 4. The number of nitrogens with zero attached hydrogens (tertiary/aromatic N) is 3. The van der Waals surface area contributed by atoms with Gasteiger partial charge in [0.05, 0.1) is 17.9 Å². The monoisotopic (exact) mass is 356 g/mol. The van der Waals surface area contributed by atoms with Crippen LogP contribution < -0.4 is 10.6 Å². The van der Waals surface area contributed by atoms with Crippen molar-refractivity contribution < 1.29 is 18.0 Å². The van der Waals surface area contributed by atoms with E-state index >= 15 is 0 Å². The van der Waals surface area contributed by atoms with Crippen molar-refractivity contribution in [3.8, 4) is 0 Å². The molecule has 3 N–H and O–H groups in total. The molecular formula is C15H19F3N6O. The van der Waals surface area contributed by atoms with Gasteiger partial charge in [0.25, 0.3) is 0 Å². The van der Waals surface area contributed by atoms with E-state index in [1.54, 1.807) is 17.9 Å². The zero-order valence-corrected chi connectivity index (χ0v) is 13.8. The maximum absolute atomic E-state index is 12.8. The highest BCUT2D eigenvalue weighted by Gasteiger charge is 2.37. The topological polar surface area (TPSA) is 87.6 Å². The lowest BCUT2D eigenvalue weighted by Crippen LogP contribution is -2.48. The molecule has 2 aromatic heterocycles. The second-order valence-electron chi connectivity index (χ2n) is 6.19. The Kier molecular flexibility index (Phi) is 4.55. The molecule has 0 aliphatic carbocycles. The van der Waals surface area contributed by atoms with Crippen LogP contribution in [0, 0.1) is 6.92 Å². The summed E-state index contributed by atoms with van der Waals surface area (Å²) in [6, 6.07) is -0.390. The zero-order chi connectivity index (χ0) is 18.2. The van der Waals surface area contributed by atoms with Gasteiger partial charge in [0.1, 0.15) is 0 Å². The number of rotatable bonds is 4. The summed E-state index contributed by atoms with van der Waals surface area (Å²) in [7, 11) is 1.78. The van der Waals surface area contributed by atoms with E-state index in [-0.39, 0.29) is 30.1 Å². The summed E-state index contributed by atoms with van der Waals surface area (Å²) in [6.07, 6.45) is -0.0346. The summed E-state index contributed by atoms with van der Waals surface area (Å²) in [5.41, 5.74) is 0.419. The number of amides is 1. The first-order chi connectivity index (χ1) is 11.8. The van der Waals surface area contributed by atoms with Gasteiger partial charge in [-0.05, 0) is 13.3 Å². The van der Waals surface area contributed by atoms with Gasteiger partial charge >= 0.3 is 6.18 Å². The van der Waals surface area contributed by atoms with Gasteiger partial charge in [-0.1, -0.05) is 0 Å². The van der Waals surface area contributed by atoms with Crippen LogP contribution in [0.1, 0.15) is 41.4 Å². The Morgan fingerprint density at radius 2 is 2.20 bits per heavy atom. The number of halogens is 3. The van der Waals surface area contributed by atoms with E-state index in [1.165, 1.54) is 6.92 Å². The molecule has 0 spiro atoms. The van der Waals surface area contributed by atoms with Crippen molar-refractivity contribution >= 4 is 5.91 Å². The fourth-order valence-corrected chi connectivity index (χ4v) is 3.05. The third kappa shape index (κ3) is 3.68. The van der Waals surface area contributed by atoms with E-state index in [9.17, 15) is 18.0 Å². The Bertz CT molecular complexity index is 766. The molecular weight excluding hydrogens is 337 g/mol. The SMILES string of the molecule is Cc1c(C(F)(F)F)n[nH]c1CN[C@@H]1CCC(=O)N[C@H]1c1cnn(C)c1. The number of piperidine rings is 1. The van der Waals surface area contributed by atoms with Gasteiger partial charge in [0, 0.05) is 43.4 Å². The van der Waals surface area contributed by atoms with Crippen LogP contribution in [0.5, 0.6) is 0 Å². The molecule has 25 heavy (non-hydrogen) atoms. The van der Waals surface area contributed by atoms with Gasteiger partial charge in [-0.15, -0.1) is 0 Å². The van der Waals surface area contributed by atoms with Crippen molar-refractivity contribution in [3.63, 3.8) is 0 Å². The van der Waals surface area contributed by atoms with E-state index in [1.807, 2.05) is 6.20 Å². The maximum Gasteiger partial charge on any atom is 0.435 e. The van der Waals surface area contributed by atoms with Crippen molar-refractivity contribution in [1.29, 1.82) is 0 Å². The summed E-state index contributed by atoms with van der Waals surface area (Å²) in [6.45, 7) is 1.59. The molecule has 10 heteroatoms. The lowest BCUT2D eigenvalue weighted by molar-refractivity contribution is -0.141. The van der Waals surface area contributed by atoms with Gasteiger partial charge in [0.2, 0.25) is 5.91 Å². The average molecular weight is 356 g/mol. The standard InChI is InChI=1S/C15H19F3N6O/c1-8-11(22-23-14(8)15(16,17)18)6-19-10-3-4-12(25)21-13(10)9-5-20-24(2)7-9/h5,7,10,13,19H,3-4,6H2,1-2H3,(H,21,25)(H,22,23)/t10-,13+/m1/s1. The molecule has 1 saturated heterocycles. The Labute approximate surface area is 142 Å². The van der Waals surface area contributed by atoms with Crippen LogP contribution in [0.4, 0.5) is 13.2 Å². The molecule has 1 amide bonds. The number of H-pyrrole nitrogens is 1. The molecule has 3 rings (SSSR count). The first-order valence-electron chi connectivity index (χ1n) is 7.88. The smallest absolute Gasteiger partial charge is 0.348 e. The van der Waals surface area contributed by atoms with Crippen LogP contribution in [0.15, 0.2) is 12.4 Å². The van der Waals surface area contributed by atoms with E-state index in [4.69, 9.17) is 0 Å². The molecule has 0 saturated carbocycles. The highest BCUT2D eigenvalue weighted by Crippen LogP contribution is 2.31. The first kappa shape index (κ1) is 17.5. The molecule has 0 radical (unpaired) electrons. The molecule has 0 aromatic carbocycles. The van der Waals surface area contributed by atoms with Gasteiger partial charge in [0.15, 0.2) is 5.69 Å². The average Bonchev–Trinajstić information content (AvgIpc) is 3.11. The molecule has 0 bridgehead atoms. The van der Waals surface area contributed by atoms with Crippen molar-refractivity contribution in [1.82, 2.24) is 30.6 Å². The lowest BCUT2D eigenvalue weighted by Gasteiger charge is -2.32. The Morgan fingerprint density at radius 1 is 1.44 bits per heavy atom. The minimum Gasteiger partial charge on any atom is -0.348 e. The van der Waals surface area contributed by atoms with Crippen LogP contribution in [0.25, 0.3) is 0 Å². The molecule has 2 atom stereocenters. The van der Waals surface area contributed by atoms with Gasteiger partial charge in [-0.3, -0.25) is 14.6 Å². The van der Waals surface area contributed by atoms with Crippen LogP contribution >= 0.6 is 0 Å². The van der Waals surface area contributed by atoms with Crippen molar-refractivity contribution in [3.05, 3.63) is 34.9 Å². The van der Waals surface area contributed by atoms with Crippen molar-refractivity contribution in [2.24, 2.45) is 7.05 Å². The van der Waals surface area contributed by atoms with E-state index in [0.717, 1.165) is 5.56 Å². The maximum atomic E-state index is 12.8. The van der Waals surface area contributed by atoms with E-state index in [0.29, 0.717) is 18.5 Å². The second kappa shape index (κ2) is 6.51. The number of carbonyl (C=O) groups is 1. The number of aryl methyl sites for hydroxylation is 1. The van der Waals surface area contributed by atoms with Gasteiger partial charge in [-0.2, -0.15) is 23.4 Å². The van der Waals surface area contributed by atoms with Gasteiger partial charge in [-0.25, -0.2) is 0 Å². The normalized spacial score (nSPS) is 21.4. The van der Waals surface area contributed by atoms with E-state index in [2.05, 4.69) is 25.9 Å². The molecule has 2 aromatic rings. The Balaban J connectivity index is 1.73. The number of alkyl halides is 3. The second-order valence-corrected chi connectivity index (χ2v) is 6.19. The largest absolute Gasteiger partial charge is 0.435 e. The number of nitrogens with one attached hydrogen (secondary N) is 3. The minimum atomic E-state index is -4.48. The predicted octanol–water partition coefficient (Wildman–Crippen LogP) is 1.58. The number of aromatic amines is 1. The summed E-state index contributed by atoms with van der Waals surface area (Å²) in [5.74, 6) is -0.0519. The summed E-state index contributed by atoms with van der Waals surface area (Å²) in [4.78, 5) is 11.7. The van der Waals surface area contributed by atoms with Crippen molar-refractivity contribution in [2.45, 2.75) is 44.6 Å². The number of aromatic nitrogens is 4. The predicted molar refractivity (Wildman–Crippen MR) is 82.3 cm³/mol. The molecule has 136 valence electrons. The molecule has 1 fully saturated rings. The molecule has 1 aliphatic rings. The van der Waals surface area contributed by atoms with E-state index < -0.39 is 11.9 Å². The fraction of sp³-hybridized carbons (Fsp3) is 0.533. The third-order valence-electron chi connectivity index (χ3n) is 4.41. The van der Waals surface area contributed by atoms with Crippen LogP contribution in [0.3, 0.4) is 0 Å². The summed E-state index contributed by atoms with van der Waals surface area (Å²) >= 11 is 0. The number of hydrogen-bond donors (Lipinski definition) is 3. The van der Waals surface area contributed by atoms with Crippen LogP contribution in [-0.2, 0) is 24.6 Å². The summed E-state index contributed by atoms with van der Waals surface area (Å²) in [5, 5.41) is 16.1. The molecule has 7 nitrogen and oxygen atoms in total. The van der Waals surface area contributed by atoms with Crippen molar-refractivity contribution in [2.75, 3.05) is 0 Å². The third-order valence-corrected chi connectivity index (χ3v) is 4.41.